The second kappa shape index (κ2) is 9.25. The van der Waals surface area contributed by atoms with Gasteiger partial charge < -0.3 is 15.0 Å². The molecule has 5 nitrogen and oxygen atoms in total. The van der Waals surface area contributed by atoms with E-state index in [9.17, 15) is 4.79 Å². The zero-order chi connectivity index (χ0) is 18.2. The summed E-state index contributed by atoms with van der Waals surface area (Å²) in [6, 6.07) is 18.2. The number of carbonyl (C=O) groups is 1. The average Bonchev–Trinajstić information content (AvgIpc) is 2.69. The molecule has 1 fully saturated rings. The van der Waals surface area contributed by atoms with E-state index < -0.39 is 0 Å². The van der Waals surface area contributed by atoms with Crippen molar-refractivity contribution in [2.24, 2.45) is 0 Å². The van der Waals surface area contributed by atoms with E-state index in [1.165, 1.54) is 11.3 Å². The zero-order valence-electron chi connectivity index (χ0n) is 15.4. The van der Waals surface area contributed by atoms with Crippen LogP contribution in [0.3, 0.4) is 0 Å². The van der Waals surface area contributed by atoms with Crippen LogP contribution in [0.4, 0.5) is 5.69 Å². The lowest BCUT2D eigenvalue weighted by molar-refractivity contribution is -0.123. The van der Waals surface area contributed by atoms with Crippen molar-refractivity contribution in [2.45, 2.75) is 6.92 Å². The molecule has 0 saturated carbocycles. The Kier molecular flexibility index (Phi) is 6.50. The molecule has 0 atom stereocenters. The molecule has 1 amide bonds. The second-order valence-corrected chi connectivity index (χ2v) is 6.62. The molecule has 0 spiro atoms. The number of rotatable bonds is 7. The first-order chi connectivity index (χ1) is 12.7. The number of carbonyl (C=O) groups excluding carboxylic acids is 1. The van der Waals surface area contributed by atoms with Gasteiger partial charge in [0.1, 0.15) is 5.75 Å². The Balaban J connectivity index is 1.30. The van der Waals surface area contributed by atoms with Gasteiger partial charge in [-0.15, -0.1) is 0 Å². The van der Waals surface area contributed by atoms with Crippen LogP contribution in [0.2, 0.25) is 0 Å². The lowest BCUT2D eigenvalue weighted by Gasteiger charge is -2.36. The van der Waals surface area contributed by atoms with Gasteiger partial charge in [0.25, 0.3) is 5.91 Å². The van der Waals surface area contributed by atoms with Crippen molar-refractivity contribution < 1.29 is 9.53 Å². The predicted molar refractivity (Wildman–Crippen MR) is 105 cm³/mol. The Morgan fingerprint density at radius 1 is 1.00 bits per heavy atom. The van der Waals surface area contributed by atoms with E-state index in [2.05, 4.69) is 39.4 Å². The lowest BCUT2D eigenvalue weighted by Crippen LogP contribution is -2.48. The second-order valence-electron chi connectivity index (χ2n) is 6.62. The molecule has 0 radical (unpaired) electrons. The van der Waals surface area contributed by atoms with Gasteiger partial charge in [0.15, 0.2) is 6.61 Å². The molecule has 5 heteroatoms. The maximum Gasteiger partial charge on any atom is 0.257 e. The Morgan fingerprint density at radius 2 is 1.69 bits per heavy atom. The summed E-state index contributed by atoms with van der Waals surface area (Å²) in [4.78, 5) is 16.7. The Labute approximate surface area is 155 Å². The highest BCUT2D eigenvalue weighted by Crippen LogP contribution is 2.15. The number of hydrogen-bond donors (Lipinski definition) is 1. The van der Waals surface area contributed by atoms with Crippen molar-refractivity contribution in [3.05, 3.63) is 60.2 Å². The minimum Gasteiger partial charge on any atom is -0.484 e. The Bertz CT molecular complexity index is 680. The third kappa shape index (κ3) is 5.49. The van der Waals surface area contributed by atoms with Crippen molar-refractivity contribution >= 4 is 11.6 Å². The molecule has 0 aliphatic carbocycles. The number of nitrogens with one attached hydrogen (secondary N) is 1. The smallest absolute Gasteiger partial charge is 0.257 e. The number of anilines is 1. The summed E-state index contributed by atoms with van der Waals surface area (Å²) in [5, 5.41) is 2.94. The number of piperazine rings is 1. The van der Waals surface area contributed by atoms with Crippen LogP contribution in [0.15, 0.2) is 54.6 Å². The summed E-state index contributed by atoms with van der Waals surface area (Å²) in [5.74, 6) is 0.649. The quantitative estimate of drug-likeness (QED) is 0.830. The molecule has 2 aromatic rings. The summed E-state index contributed by atoms with van der Waals surface area (Å²) in [7, 11) is 0. The standard InChI is InChI=1S/C21H27N3O2/c1-18-7-9-20(10-8-18)26-17-21(25)22-11-12-23-13-15-24(16-14-23)19-5-3-2-4-6-19/h2-10H,11-17H2,1H3,(H,22,25). The summed E-state index contributed by atoms with van der Waals surface area (Å²) >= 11 is 0. The number of hydrogen-bond acceptors (Lipinski definition) is 4. The first kappa shape index (κ1) is 18.3. The van der Waals surface area contributed by atoms with Gasteiger partial charge in [-0.1, -0.05) is 35.9 Å². The van der Waals surface area contributed by atoms with Gasteiger partial charge in [0, 0.05) is 45.0 Å². The first-order valence-corrected chi connectivity index (χ1v) is 9.19. The molecule has 1 aliphatic rings. The van der Waals surface area contributed by atoms with Crippen LogP contribution in [0.5, 0.6) is 5.75 Å². The van der Waals surface area contributed by atoms with E-state index >= 15 is 0 Å². The molecule has 2 aromatic carbocycles. The summed E-state index contributed by atoms with van der Waals surface area (Å²) < 4.78 is 5.50. The largest absolute Gasteiger partial charge is 0.484 e. The van der Waals surface area contributed by atoms with Gasteiger partial charge in [0.05, 0.1) is 0 Å². The van der Waals surface area contributed by atoms with Crippen molar-refractivity contribution in [1.82, 2.24) is 10.2 Å². The number of amides is 1. The molecule has 1 N–H and O–H groups in total. The van der Waals surface area contributed by atoms with Crippen LogP contribution in [-0.2, 0) is 4.79 Å². The average molecular weight is 353 g/mol. The molecule has 26 heavy (non-hydrogen) atoms. The van der Waals surface area contributed by atoms with E-state index in [0.717, 1.165) is 38.5 Å². The van der Waals surface area contributed by atoms with E-state index in [0.29, 0.717) is 6.54 Å². The molecule has 0 bridgehead atoms. The molecular formula is C21H27N3O2. The molecule has 3 rings (SSSR count). The van der Waals surface area contributed by atoms with Gasteiger partial charge in [-0.25, -0.2) is 0 Å². The fourth-order valence-corrected chi connectivity index (χ4v) is 3.06. The van der Waals surface area contributed by atoms with Crippen molar-refractivity contribution in [1.29, 1.82) is 0 Å². The highest BCUT2D eigenvalue weighted by molar-refractivity contribution is 5.77. The fourth-order valence-electron chi connectivity index (χ4n) is 3.06. The van der Waals surface area contributed by atoms with E-state index in [-0.39, 0.29) is 12.5 Å². The van der Waals surface area contributed by atoms with E-state index in [1.54, 1.807) is 0 Å². The van der Waals surface area contributed by atoms with Gasteiger partial charge in [-0.05, 0) is 31.2 Å². The highest BCUT2D eigenvalue weighted by atomic mass is 16.5. The molecule has 1 aliphatic heterocycles. The number of aryl methyl sites for hydroxylation is 1. The monoisotopic (exact) mass is 353 g/mol. The number of para-hydroxylation sites is 1. The summed E-state index contributed by atoms with van der Waals surface area (Å²) in [6.07, 6.45) is 0. The van der Waals surface area contributed by atoms with Crippen molar-refractivity contribution in [3.63, 3.8) is 0 Å². The third-order valence-corrected chi connectivity index (χ3v) is 4.63. The van der Waals surface area contributed by atoms with Gasteiger partial charge >= 0.3 is 0 Å². The van der Waals surface area contributed by atoms with Crippen LogP contribution in [-0.4, -0.2) is 56.7 Å². The van der Waals surface area contributed by atoms with Gasteiger partial charge in [-0.3, -0.25) is 9.69 Å². The summed E-state index contributed by atoms with van der Waals surface area (Å²) in [6.45, 7) is 7.69. The van der Waals surface area contributed by atoms with Gasteiger partial charge in [-0.2, -0.15) is 0 Å². The molecule has 1 heterocycles. The fraction of sp³-hybridized carbons (Fsp3) is 0.381. The van der Waals surface area contributed by atoms with Crippen molar-refractivity contribution in [2.75, 3.05) is 50.8 Å². The normalized spacial score (nSPS) is 14.9. The SMILES string of the molecule is Cc1ccc(OCC(=O)NCCN2CCN(c3ccccc3)CC2)cc1. The lowest BCUT2D eigenvalue weighted by atomic mass is 10.2. The maximum absolute atomic E-state index is 11.9. The van der Waals surface area contributed by atoms with Crippen LogP contribution in [0.25, 0.3) is 0 Å². The Morgan fingerprint density at radius 3 is 2.38 bits per heavy atom. The molecular weight excluding hydrogens is 326 g/mol. The minimum absolute atomic E-state index is 0.0604. The van der Waals surface area contributed by atoms with Crippen LogP contribution in [0, 0.1) is 6.92 Å². The third-order valence-electron chi connectivity index (χ3n) is 4.63. The number of nitrogens with zero attached hydrogens (tertiary/aromatic N) is 2. The summed E-state index contributed by atoms with van der Waals surface area (Å²) in [5.41, 5.74) is 2.46. The topological polar surface area (TPSA) is 44.8 Å². The maximum atomic E-state index is 11.9. The van der Waals surface area contributed by atoms with Crippen LogP contribution in [0.1, 0.15) is 5.56 Å². The predicted octanol–water partition coefficient (Wildman–Crippen LogP) is 2.31. The van der Waals surface area contributed by atoms with Gasteiger partial charge in [0.2, 0.25) is 0 Å². The molecule has 0 unspecified atom stereocenters. The first-order valence-electron chi connectivity index (χ1n) is 9.19. The Hall–Kier alpha value is -2.53. The number of ether oxygens (including phenoxy) is 1. The molecule has 0 aromatic heterocycles. The molecule has 1 saturated heterocycles. The zero-order valence-corrected chi connectivity index (χ0v) is 15.4. The van der Waals surface area contributed by atoms with Crippen molar-refractivity contribution in [3.8, 4) is 5.75 Å². The van der Waals surface area contributed by atoms with E-state index in [4.69, 9.17) is 4.74 Å². The highest BCUT2D eigenvalue weighted by Gasteiger charge is 2.16. The molecule has 138 valence electrons. The van der Waals surface area contributed by atoms with Crippen LogP contribution >= 0.6 is 0 Å². The number of benzene rings is 2. The minimum atomic E-state index is -0.0755. The van der Waals surface area contributed by atoms with Crippen LogP contribution < -0.4 is 15.0 Å². The van der Waals surface area contributed by atoms with E-state index in [1.807, 2.05) is 37.3 Å².